The molecule has 2 atom stereocenters. The Morgan fingerprint density at radius 1 is 1.33 bits per heavy atom. The number of aliphatic hydroxyl groups is 1. The van der Waals surface area contributed by atoms with Gasteiger partial charge in [0.1, 0.15) is 11.9 Å². The van der Waals surface area contributed by atoms with Crippen molar-refractivity contribution in [3.05, 3.63) is 41.2 Å². The lowest BCUT2D eigenvalue weighted by molar-refractivity contribution is -0.130. The lowest BCUT2D eigenvalue weighted by Crippen LogP contribution is -2.45. The Balaban J connectivity index is 2.00. The second kappa shape index (κ2) is 4.34. The maximum atomic E-state index is 12.3. The number of carbonyl (C=O) groups excluding carboxylic acids is 1. The minimum absolute atomic E-state index is 0.199. The van der Waals surface area contributed by atoms with Gasteiger partial charge >= 0.3 is 0 Å². The van der Waals surface area contributed by atoms with Crippen molar-refractivity contribution in [1.82, 2.24) is 4.90 Å². The molecule has 1 aliphatic carbocycles. The number of amides is 1. The van der Waals surface area contributed by atoms with Crippen molar-refractivity contribution in [1.29, 1.82) is 0 Å². The topological polar surface area (TPSA) is 49.8 Å². The summed E-state index contributed by atoms with van der Waals surface area (Å²) in [6.45, 7) is 0.725. The van der Waals surface area contributed by atoms with E-state index in [9.17, 15) is 9.90 Å². The van der Waals surface area contributed by atoms with Gasteiger partial charge in [-0.15, -0.1) is 0 Å². The molecule has 4 nitrogen and oxygen atoms in total. The van der Waals surface area contributed by atoms with Crippen LogP contribution in [0, 0.1) is 0 Å². The van der Waals surface area contributed by atoms with Crippen LogP contribution in [0.25, 0.3) is 5.57 Å². The number of benzene rings is 1. The highest BCUT2D eigenvalue weighted by Gasteiger charge is 2.56. The van der Waals surface area contributed by atoms with Gasteiger partial charge in [-0.2, -0.15) is 0 Å². The zero-order valence-corrected chi connectivity index (χ0v) is 12.1. The predicted octanol–water partition coefficient (Wildman–Crippen LogP) is 1.73. The number of methoxy groups -OCH3 is 1. The summed E-state index contributed by atoms with van der Waals surface area (Å²) in [5.74, 6) is 0.842. The number of nitrogens with zero attached hydrogens (tertiary/aromatic N) is 1. The third-order valence-corrected chi connectivity index (χ3v) is 5.23. The largest absolute Gasteiger partial charge is 0.498 e. The van der Waals surface area contributed by atoms with E-state index in [4.69, 9.17) is 4.74 Å². The van der Waals surface area contributed by atoms with Gasteiger partial charge < -0.3 is 14.7 Å². The van der Waals surface area contributed by atoms with Crippen LogP contribution in [0.3, 0.4) is 0 Å². The van der Waals surface area contributed by atoms with Crippen LogP contribution in [0.4, 0.5) is 0 Å². The first-order valence-corrected chi connectivity index (χ1v) is 7.53. The monoisotopic (exact) mass is 285 g/mol. The molecule has 1 saturated heterocycles. The Morgan fingerprint density at radius 3 is 2.95 bits per heavy atom. The maximum absolute atomic E-state index is 12.3. The second-order valence-electron chi connectivity index (χ2n) is 6.15. The van der Waals surface area contributed by atoms with Crippen molar-refractivity contribution in [3.8, 4) is 0 Å². The number of rotatable bonds is 1. The molecule has 4 heteroatoms. The Morgan fingerprint density at radius 2 is 2.14 bits per heavy atom. The van der Waals surface area contributed by atoms with Crippen LogP contribution < -0.4 is 0 Å². The molecule has 21 heavy (non-hydrogen) atoms. The molecular weight excluding hydrogens is 266 g/mol. The average Bonchev–Trinajstić information content (AvgIpc) is 2.90. The van der Waals surface area contributed by atoms with Crippen molar-refractivity contribution in [2.75, 3.05) is 13.7 Å². The normalized spacial score (nSPS) is 30.9. The van der Waals surface area contributed by atoms with Gasteiger partial charge in [-0.3, -0.25) is 4.79 Å². The molecule has 0 aromatic heterocycles. The Labute approximate surface area is 124 Å². The first-order chi connectivity index (χ1) is 10.2. The molecule has 2 heterocycles. The molecule has 0 unspecified atom stereocenters. The molecule has 0 radical (unpaired) electrons. The first-order valence-electron chi connectivity index (χ1n) is 7.53. The fourth-order valence-corrected chi connectivity index (χ4v) is 4.38. The van der Waals surface area contributed by atoms with Crippen molar-refractivity contribution in [2.45, 2.75) is 37.3 Å². The number of fused-ring (bicyclic) bond motifs is 2. The third-order valence-electron chi connectivity index (χ3n) is 5.23. The first kappa shape index (κ1) is 12.9. The van der Waals surface area contributed by atoms with Gasteiger partial charge in [-0.1, -0.05) is 24.3 Å². The summed E-state index contributed by atoms with van der Waals surface area (Å²) < 4.78 is 5.54. The zero-order chi connectivity index (χ0) is 14.6. The highest BCUT2D eigenvalue weighted by atomic mass is 16.5. The van der Waals surface area contributed by atoms with E-state index >= 15 is 0 Å². The Kier molecular flexibility index (Phi) is 2.67. The third kappa shape index (κ3) is 1.57. The fraction of sp³-hybridized carbons (Fsp3) is 0.471. The molecule has 3 aliphatic rings. The quantitative estimate of drug-likeness (QED) is 0.855. The zero-order valence-electron chi connectivity index (χ0n) is 12.1. The Bertz CT molecular complexity index is 651. The van der Waals surface area contributed by atoms with Crippen molar-refractivity contribution >= 4 is 11.5 Å². The molecule has 110 valence electrons. The molecule has 2 aliphatic heterocycles. The smallest absolute Gasteiger partial charge is 0.223 e. The highest BCUT2D eigenvalue weighted by molar-refractivity contribution is 5.90. The van der Waals surface area contributed by atoms with Crippen LogP contribution in [-0.2, 0) is 16.0 Å². The average molecular weight is 285 g/mol. The van der Waals surface area contributed by atoms with Crippen molar-refractivity contribution < 1.29 is 14.6 Å². The van der Waals surface area contributed by atoms with Gasteiger partial charge in [0.25, 0.3) is 0 Å². The second-order valence-corrected chi connectivity index (χ2v) is 6.15. The summed E-state index contributed by atoms with van der Waals surface area (Å²) in [7, 11) is 1.61. The molecule has 1 amide bonds. The predicted molar refractivity (Wildman–Crippen MR) is 78.4 cm³/mol. The molecule has 0 bridgehead atoms. The Hall–Kier alpha value is -1.81. The van der Waals surface area contributed by atoms with Crippen LogP contribution in [0.5, 0.6) is 0 Å². The number of carbonyl (C=O) groups is 1. The number of hydrogen-bond donors (Lipinski definition) is 1. The van der Waals surface area contributed by atoms with E-state index in [1.165, 1.54) is 5.56 Å². The van der Waals surface area contributed by atoms with E-state index in [1.807, 2.05) is 17.0 Å². The lowest BCUT2D eigenvalue weighted by atomic mass is 9.83. The van der Waals surface area contributed by atoms with Crippen LogP contribution >= 0.6 is 0 Å². The molecule has 0 saturated carbocycles. The number of ether oxygens (including phenoxy) is 1. The van der Waals surface area contributed by atoms with Gasteiger partial charge in [-0.05, 0) is 24.0 Å². The van der Waals surface area contributed by atoms with E-state index in [-0.39, 0.29) is 11.4 Å². The molecule has 1 spiro atoms. The standard InChI is InChI=1S/C17H19NO3/c1-21-16-13(19)10-17-8-6-14(20)18(17)9-7-11-4-2-3-5-12(11)15(16)17/h2-5,13,19H,6-10H2,1H3/t13-,17+/m1/s1. The lowest BCUT2D eigenvalue weighted by Gasteiger charge is -2.36. The summed E-state index contributed by atoms with van der Waals surface area (Å²) >= 11 is 0. The fourth-order valence-electron chi connectivity index (χ4n) is 4.38. The van der Waals surface area contributed by atoms with Crippen LogP contribution in [0.2, 0.25) is 0 Å². The van der Waals surface area contributed by atoms with Gasteiger partial charge in [0.2, 0.25) is 5.91 Å². The summed E-state index contributed by atoms with van der Waals surface area (Å²) in [5, 5.41) is 10.4. The van der Waals surface area contributed by atoms with E-state index in [0.717, 1.165) is 30.5 Å². The van der Waals surface area contributed by atoms with Crippen LogP contribution in [0.15, 0.2) is 30.0 Å². The van der Waals surface area contributed by atoms with E-state index in [2.05, 4.69) is 12.1 Å². The minimum atomic E-state index is -0.621. The molecule has 1 aromatic rings. The van der Waals surface area contributed by atoms with E-state index in [0.29, 0.717) is 18.6 Å². The SMILES string of the molecule is COC1=C2c3ccccc3CCN3C(=O)CC[C@]23C[C@H]1O. The molecule has 1 fully saturated rings. The van der Waals surface area contributed by atoms with E-state index in [1.54, 1.807) is 7.11 Å². The summed E-state index contributed by atoms with van der Waals surface area (Å²) in [4.78, 5) is 14.3. The van der Waals surface area contributed by atoms with Crippen LogP contribution in [0.1, 0.15) is 30.4 Å². The molecule has 1 aromatic carbocycles. The summed E-state index contributed by atoms with van der Waals surface area (Å²) in [6, 6.07) is 8.25. The summed E-state index contributed by atoms with van der Waals surface area (Å²) in [5.41, 5.74) is 3.05. The van der Waals surface area contributed by atoms with Gasteiger partial charge in [0.05, 0.1) is 12.6 Å². The number of aliphatic hydroxyl groups excluding tert-OH is 1. The maximum Gasteiger partial charge on any atom is 0.223 e. The van der Waals surface area contributed by atoms with Gasteiger partial charge in [-0.25, -0.2) is 0 Å². The van der Waals surface area contributed by atoms with Crippen molar-refractivity contribution in [3.63, 3.8) is 0 Å². The molecule has 4 rings (SSSR count). The summed E-state index contributed by atoms with van der Waals surface area (Å²) in [6.07, 6.45) is 2.14. The molecule has 1 N–H and O–H groups in total. The number of hydrogen-bond acceptors (Lipinski definition) is 3. The van der Waals surface area contributed by atoms with Crippen LogP contribution in [-0.4, -0.2) is 41.2 Å². The highest BCUT2D eigenvalue weighted by Crippen LogP contribution is 2.53. The van der Waals surface area contributed by atoms with Gasteiger partial charge in [0.15, 0.2) is 0 Å². The van der Waals surface area contributed by atoms with E-state index < -0.39 is 6.10 Å². The van der Waals surface area contributed by atoms with Gasteiger partial charge in [0, 0.05) is 25.0 Å². The minimum Gasteiger partial charge on any atom is -0.498 e. The molecular formula is C17H19NO3. The van der Waals surface area contributed by atoms with Crippen molar-refractivity contribution in [2.24, 2.45) is 0 Å².